The van der Waals surface area contributed by atoms with Gasteiger partial charge in [0.05, 0.1) is 29.7 Å². The molecule has 0 aliphatic carbocycles. The van der Waals surface area contributed by atoms with Crippen molar-refractivity contribution in [2.75, 3.05) is 13.7 Å². The van der Waals surface area contributed by atoms with E-state index in [0.717, 1.165) is 9.87 Å². The van der Waals surface area contributed by atoms with Crippen LogP contribution in [0.2, 0.25) is 0 Å². The highest BCUT2D eigenvalue weighted by Gasteiger charge is 2.27. The van der Waals surface area contributed by atoms with Crippen LogP contribution >= 0.6 is 0 Å². The fraction of sp³-hybridized carbons (Fsp3) is 0.167. The normalized spacial score (nSPS) is 11.5. The lowest BCUT2D eigenvalue weighted by Gasteiger charge is -2.21. The number of nitrogens with one attached hydrogen (secondary N) is 1. The van der Waals surface area contributed by atoms with E-state index >= 15 is 0 Å². The highest BCUT2D eigenvalue weighted by Crippen LogP contribution is 2.26. The molecule has 0 bridgehead atoms. The highest BCUT2D eigenvalue weighted by molar-refractivity contribution is 7.89. The molecule has 1 amide bonds. The first-order valence-electron chi connectivity index (χ1n) is 10.5. The van der Waals surface area contributed by atoms with E-state index in [9.17, 15) is 23.3 Å². The van der Waals surface area contributed by atoms with Crippen molar-refractivity contribution in [1.29, 1.82) is 0 Å². The second-order valence-electron chi connectivity index (χ2n) is 7.55. The number of hydrogen-bond donors (Lipinski definition) is 1. The zero-order valence-electron chi connectivity index (χ0n) is 19.1. The first kappa shape index (κ1) is 25.5. The summed E-state index contributed by atoms with van der Waals surface area (Å²) in [5, 5.41) is 15.0. The quantitative estimate of drug-likeness (QED) is 0.260. The van der Waals surface area contributed by atoms with E-state index in [1.54, 1.807) is 36.4 Å². The number of sulfonamides is 1. The monoisotopic (exact) mass is 496 g/mol. The van der Waals surface area contributed by atoms with E-state index in [2.05, 4.69) is 10.5 Å². The molecule has 35 heavy (non-hydrogen) atoms. The fourth-order valence-electron chi connectivity index (χ4n) is 3.18. The maximum Gasteiger partial charge on any atom is 0.311 e. The molecule has 0 aromatic heterocycles. The molecule has 3 aromatic carbocycles. The molecule has 11 heteroatoms. The van der Waals surface area contributed by atoms with Gasteiger partial charge in [-0.15, -0.1) is 0 Å². The number of carbonyl (C=O) groups is 1. The summed E-state index contributed by atoms with van der Waals surface area (Å²) in [5.74, 6) is -0.579. The first-order valence-corrected chi connectivity index (χ1v) is 11.9. The Balaban J connectivity index is 1.77. The third kappa shape index (κ3) is 6.71. The van der Waals surface area contributed by atoms with Gasteiger partial charge in [-0.25, -0.2) is 13.8 Å². The van der Waals surface area contributed by atoms with Crippen LogP contribution in [-0.4, -0.2) is 43.4 Å². The highest BCUT2D eigenvalue weighted by atomic mass is 32.2. The summed E-state index contributed by atoms with van der Waals surface area (Å²) < 4.78 is 32.6. The van der Waals surface area contributed by atoms with Crippen molar-refractivity contribution in [3.8, 4) is 5.75 Å². The van der Waals surface area contributed by atoms with Gasteiger partial charge in [0.15, 0.2) is 5.75 Å². The molecule has 10 nitrogen and oxygen atoms in total. The van der Waals surface area contributed by atoms with Gasteiger partial charge in [-0.1, -0.05) is 48.0 Å². The number of aryl methyl sites for hydroxylation is 1. The molecule has 0 saturated carbocycles. The van der Waals surface area contributed by atoms with Crippen LogP contribution < -0.4 is 10.2 Å². The number of carbonyl (C=O) groups excluding carboxylic acids is 1. The summed E-state index contributed by atoms with van der Waals surface area (Å²) >= 11 is 0. The largest absolute Gasteiger partial charge is 0.490 e. The second-order valence-corrected chi connectivity index (χ2v) is 9.49. The van der Waals surface area contributed by atoms with Crippen LogP contribution in [0.4, 0.5) is 5.69 Å². The number of methoxy groups -OCH3 is 1. The Morgan fingerprint density at radius 3 is 2.43 bits per heavy atom. The van der Waals surface area contributed by atoms with Gasteiger partial charge in [0.1, 0.15) is 0 Å². The van der Waals surface area contributed by atoms with Crippen molar-refractivity contribution in [3.05, 3.63) is 99.6 Å². The average molecular weight is 497 g/mol. The third-order valence-corrected chi connectivity index (χ3v) is 6.79. The van der Waals surface area contributed by atoms with E-state index in [1.807, 2.05) is 13.0 Å². The molecule has 0 heterocycles. The fourth-order valence-corrected chi connectivity index (χ4v) is 4.56. The summed E-state index contributed by atoms with van der Waals surface area (Å²) in [6.07, 6.45) is 1.22. The molecule has 3 aromatic rings. The Hall–Kier alpha value is -4.09. The van der Waals surface area contributed by atoms with Crippen LogP contribution in [0.15, 0.2) is 82.8 Å². The lowest BCUT2D eigenvalue weighted by molar-refractivity contribution is -0.385. The number of ether oxygens (including phenoxy) is 1. The van der Waals surface area contributed by atoms with E-state index in [-0.39, 0.29) is 22.9 Å². The summed E-state index contributed by atoms with van der Waals surface area (Å²) in [6, 6.07) is 19.5. The average Bonchev–Trinajstić information content (AvgIpc) is 2.84. The second kappa shape index (κ2) is 11.4. The van der Waals surface area contributed by atoms with Crippen molar-refractivity contribution >= 4 is 27.8 Å². The molecular weight excluding hydrogens is 472 g/mol. The van der Waals surface area contributed by atoms with Gasteiger partial charge in [-0.05, 0) is 36.8 Å². The van der Waals surface area contributed by atoms with Gasteiger partial charge < -0.3 is 4.74 Å². The van der Waals surface area contributed by atoms with Gasteiger partial charge in [-0.2, -0.15) is 9.41 Å². The number of hydrazone groups is 1. The van der Waals surface area contributed by atoms with Crippen molar-refractivity contribution < 1.29 is 22.9 Å². The Labute approximate surface area is 203 Å². The number of hydrogen-bond acceptors (Lipinski definition) is 7. The molecule has 0 radical (unpaired) electrons. The lowest BCUT2D eigenvalue weighted by Crippen LogP contribution is -2.39. The van der Waals surface area contributed by atoms with Crippen molar-refractivity contribution in [3.63, 3.8) is 0 Å². The summed E-state index contributed by atoms with van der Waals surface area (Å²) in [7, 11) is -2.66. The number of amides is 1. The number of benzene rings is 3. The minimum absolute atomic E-state index is 0.0150. The van der Waals surface area contributed by atoms with E-state index in [1.165, 1.54) is 43.7 Å². The number of nitro benzene ring substituents is 1. The molecule has 0 aliphatic heterocycles. The molecular formula is C24H24N4O6S. The van der Waals surface area contributed by atoms with Gasteiger partial charge in [-0.3, -0.25) is 14.9 Å². The summed E-state index contributed by atoms with van der Waals surface area (Å²) in [6.45, 7) is 1.35. The molecule has 0 fully saturated rings. The first-order chi connectivity index (χ1) is 16.7. The van der Waals surface area contributed by atoms with Crippen LogP contribution in [0.3, 0.4) is 0 Å². The van der Waals surface area contributed by atoms with E-state index in [4.69, 9.17) is 4.74 Å². The maximum absolute atomic E-state index is 13.3. The number of rotatable bonds is 10. The number of nitrogens with zero attached hydrogens (tertiary/aromatic N) is 3. The van der Waals surface area contributed by atoms with Gasteiger partial charge in [0.2, 0.25) is 10.0 Å². The Morgan fingerprint density at radius 2 is 1.80 bits per heavy atom. The standard InChI is InChI=1S/C24H24N4O6S/c1-18-8-11-21(12-9-18)35(32,33)27(16-19-6-4-3-5-7-19)17-24(29)26-25-15-20-10-13-23(34-2)22(14-20)28(30)31/h3-15H,16-17H2,1-2H3,(H,26,29)/b25-15+. The van der Waals surface area contributed by atoms with Crippen molar-refractivity contribution in [2.24, 2.45) is 5.10 Å². The lowest BCUT2D eigenvalue weighted by atomic mass is 10.2. The minimum atomic E-state index is -3.98. The van der Waals surface area contributed by atoms with Crippen LogP contribution in [0.25, 0.3) is 0 Å². The molecule has 182 valence electrons. The van der Waals surface area contributed by atoms with E-state index in [0.29, 0.717) is 11.1 Å². The van der Waals surface area contributed by atoms with Crippen LogP contribution in [0, 0.1) is 17.0 Å². The van der Waals surface area contributed by atoms with Gasteiger partial charge >= 0.3 is 5.69 Å². The molecule has 0 atom stereocenters. The van der Waals surface area contributed by atoms with Crippen LogP contribution in [0.1, 0.15) is 16.7 Å². The summed E-state index contributed by atoms with van der Waals surface area (Å²) in [5.41, 5.74) is 4.00. The van der Waals surface area contributed by atoms with E-state index < -0.39 is 27.4 Å². The number of nitro groups is 1. The minimum Gasteiger partial charge on any atom is -0.490 e. The predicted molar refractivity (Wildman–Crippen MR) is 131 cm³/mol. The SMILES string of the molecule is COc1ccc(/C=N/NC(=O)CN(Cc2ccccc2)S(=O)(=O)c2ccc(C)cc2)cc1[N+](=O)[O-]. The van der Waals surface area contributed by atoms with Crippen LogP contribution in [-0.2, 0) is 21.4 Å². The molecule has 3 rings (SSSR count). The molecule has 0 spiro atoms. The zero-order chi connectivity index (χ0) is 25.4. The van der Waals surface area contributed by atoms with Crippen molar-refractivity contribution in [1.82, 2.24) is 9.73 Å². The Kier molecular flexibility index (Phi) is 8.29. The molecule has 0 saturated heterocycles. The third-order valence-electron chi connectivity index (χ3n) is 4.98. The summed E-state index contributed by atoms with van der Waals surface area (Å²) in [4.78, 5) is 23.2. The molecule has 0 aliphatic rings. The zero-order valence-corrected chi connectivity index (χ0v) is 19.9. The molecule has 1 N–H and O–H groups in total. The van der Waals surface area contributed by atoms with Crippen molar-refractivity contribution in [2.45, 2.75) is 18.4 Å². The molecule has 0 unspecified atom stereocenters. The maximum atomic E-state index is 13.3. The van der Waals surface area contributed by atoms with Gasteiger partial charge in [0, 0.05) is 18.2 Å². The topological polar surface area (TPSA) is 131 Å². The van der Waals surface area contributed by atoms with Crippen LogP contribution in [0.5, 0.6) is 5.75 Å². The smallest absolute Gasteiger partial charge is 0.311 e. The van der Waals surface area contributed by atoms with Gasteiger partial charge in [0.25, 0.3) is 5.91 Å². The predicted octanol–water partition coefficient (Wildman–Crippen LogP) is 3.25. The Morgan fingerprint density at radius 1 is 1.11 bits per heavy atom. The Bertz CT molecular complexity index is 1330.